The summed E-state index contributed by atoms with van der Waals surface area (Å²) in [5.74, 6) is 0.203. The van der Waals surface area contributed by atoms with Crippen molar-refractivity contribution in [3.05, 3.63) is 59.2 Å². The van der Waals surface area contributed by atoms with Crippen LogP contribution in [0.1, 0.15) is 16.7 Å². The third-order valence-corrected chi connectivity index (χ3v) is 4.88. The molecule has 0 unspecified atom stereocenters. The Morgan fingerprint density at radius 2 is 1.71 bits per heavy atom. The van der Waals surface area contributed by atoms with Gasteiger partial charge in [0.2, 0.25) is 10.0 Å². The van der Waals surface area contributed by atoms with E-state index in [1.54, 1.807) is 43.3 Å². The van der Waals surface area contributed by atoms with Crippen molar-refractivity contribution >= 4 is 10.0 Å². The Morgan fingerprint density at radius 1 is 1.05 bits per heavy atom. The highest BCUT2D eigenvalue weighted by atomic mass is 32.2. The molecular formula is C16H19NO3S. The van der Waals surface area contributed by atoms with Crippen LogP contribution in [-0.2, 0) is 16.4 Å². The van der Waals surface area contributed by atoms with E-state index < -0.39 is 10.0 Å². The first-order valence-corrected chi connectivity index (χ1v) is 8.21. The lowest BCUT2D eigenvalue weighted by molar-refractivity contribution is 0.475. The van der Waals surface area contributed by atoms with Crippen molar-refractivity contribution in [1.82, 2.24) is 4.72 Å². The van der Waals surface area contributed by atoms with Crippen LogP contribution in [0.3, 0.4) is 0 Å². The molecule has 0 radical (unpaired) electrons. The monoisotopic (exact) mass is 305 g/mol. The standard InChI is InChI=1S/C16H19NO3S/c1-12-3-8-16(13(2)11-12)21(19,20)17-10-9-14-4-6-15(18)7-5-14/h3-8,11,17-18H,9-10H2,1-2H3. The molecule has 4 nitrogen and oxygen atoms in total. The van der Waals surface area contributed by atoms with Crippen molar-refractivity contribution in [2.24, 2.45) is 0 Å². The fourth-order valence-corrected chi connectivity index (χ4v) is 3.43. The topological polar surface area (TPSA) is 66.4 Å². The maximum Gasteiger partial charge on any atom is 0.240 e. The lowest BCUT2D eigenvalue weighted by atomic mass is 10.1. The first-order valence-electron chi connectivity index (χ1n) is 6.73. The summed E-state index contributed by atoms with van der Waals surface area (Å²) < 4.78 is 27.1. The van der Waals surface area contributed by atoms with E-state index in [1.807, 2.05) is 13.0 Å². The third kappa shape index (κ3) is 4.06. The zero-order chi connectivity index (χ0) is 15.5. The molecule has 0 amide bonds. The van der Waals surface area contributed by atoms with Gasteiger partial charge in [0.1, 0.15) is 5.75 Å². The number of sulfonamides is 1. The molecule has 0 heterocycles. The van der Waals surface area contributed by atoms with Gasteiger partial charge in [-0.25, -0.2) is 13.1 Å². The van der Waals surface area contributed by atoms with Crippen LogP contribution in [0.4, 0.5) is 0 Å². The zero-order valence-corrected chi connectivity index (χ0v) is 12.9. The Bertz CT molecular complexity index is 722. The summed E-state index contributed by atoms with van der Waals surface area (Å²) in [4.78, 5) is 0.318. The number of aromatic hydroxyl groups is 1. The van der Waals surface area contributed by atoms with Crippen LogP contribution < -0.4 is 4.72 Å². The average molecular weight is 305 g/mol. The van der Waals surface area contributed by atoms with E-state index in [-0.39, 0.29) is 5.75 Å². The number of hydrogen-bond acceptors (Lipinski definition) is 3. The minimum Gasteiger partial charge on any atom is -0.508 e. The van der Waals surface area contributed by atoms with Crippen LogP contribution in [0.25, 0.3) is 0 Å². The first kappa shape index (κ1) is 15.5. The molecule has 0 aliphatic rings. The SMILES string of the molecule is Cc1ccc(S(=O)(=O)NCCc2ccc(O)cc2)c(C)c1. The second kappa shape index (κ2) is 6.28. The second-order valence-corrected chi connectivity index (χ2v) is 6.82. The van der Waals surface area contributed by atoms with Crippen molar-refractivity contribution in [1.29, 1.82) is 0 Å². The Balaban J connectivity index is 2.03. The average Bonchev–Trinajstić information content (AvgIpc) is 2.40. The number of nitrogens with one attached hydrogen (secondary N) is 1. The normalized spacial score (nSPS) is 11.5. The van der Waals surface area contributed by atoms with Crippen LogP contribution in [-0.4, -0.2) is 20.1 Å². The molecule has 0 aliphatic carbocycles. The van der Waals surface area contributed by atoms with Gasteiger partial charge >= 0.3 is 0 Å². The molecule has 0 saturated carbocycles. The second-order valence-electron chi connectivity index (χ2n) is 5.08. The van der Waals surface area contributed by atoms with E-state index >= 15 is 0 Å². The quantitative estimate of drug-likeness (QED) is 0.892. The molecule has 0 saturated heterocycles. The maximum atomic E-state index is 12.3. The van der Waals surface area contributed by atoms with Gasteiger partial charge in [-0.3, -0.25) is 0 Å². The summed E-state index contributed by atoms with van der Waals surface area (Å²) >= 11 is 0. The van der Waals surface area contributed by atoms with Crippen LogP contribution in [0.5, 0.6) is 5.75 Å². The van der Waals surface area contributed by atoms with E-state index in [0.29, 0.717) is 17.9 Å². The van der Waals surface area contributed by atoms with Crippen molar-refractivity contribution in [3.8, 4) is 5.75 Å². The van der Waals surface area contributed by atoms with Gasteiger partial charge in [0.15, 0.2) is 0 Å². The van der Waals surface area contributed by atoms with E-state index in [4.69, 9.17) is 0 Å². The molecule has 112 valence electrons. The number of rotatable bonds is 5. The molecule has 2 aromatic carbocycles. The fourth-order valence-electron chi connectivity index (χ4n) is 2.17. The minimum absolute atomic E-state index is 0.203. The molecule has 2 N–H and O–H groups in total. The molecular weight excluding hydrogens is 286 g/mol. The molecule has 2 rings (SSSR count). The fraction of sp³-hybridized carbons (Fsp3) is 0.250. The van der Waals surface area contributed by atoms with Gasteiger partial charge in [-0.1, -0.05) is 29.8 Å². The van der Waals surface area contributed by atoms with Crippen molar-refractivity contribution < 1.29 is 13.5 Å². The summed E-state index contributed by atoms with van der Waals surface area (Å²) in [6, 6.07) is 12.0. The summed E-state index contributed by atoms with van der Waals surface area (Å²) in [6.07, 6.45) is 0.574. The molecule has 0 fully saturated rings. The van der Waals surface area contributed by atoms with E-state index in [2.05, 4.69) is 4.72 Å². The molecule has 0 aromatic heterocycles. The predicted octanol–water partition coefficient (Wildman–Crippen LogP) is 2.53. The molecule has 0 aliphatic heterocycles. The van der Waals surface area contributed by atoms with Gasteiger partial charge in [-0.15, -0.1) is 0 Å². The van der Waals surface area contributed by atoms with Crippen LogP contribution in [0, 0.1) is 13.8 Å². The Kier molecular flexibility index (Phi) is 4.65. The van der Waals surface area contributed by atoms with Gasteiger partial charge in [-0.2, -0.15) is 0 Å². The number of phenols is 1. The Morgan fingerprint density at radius 3 is 2.33 bits per heavy atom. The van der Waals surface area contributed by atoms with Gasteiger partial charge < -0.3 is 5.11 Å². The predicted molar refractivity (Wildman–Crippen MR) is 82.9 cm³/mol. The zero-order valence-electron chi connectivity index (χ0n) is 12.1. The highest BCUT2D eigenvalue weighted by Gasteiger charge is 2.15. The summed E-state index contributed by atoms with van der Waals surface area (Å²) in [5.41, 5.74) is 2.75. The van der Waals surface area contributed by atoms with Crippen LogP contribution >= 0.6 is 0 Å². The lowest BCUT2D eigenvalue weighted by Gasteiger charge is -2.10. The molecule has 0 spiro atoms. The van der Waals surface area contributed by atoms with Crippen molar-refractivity contribution in [2.75, 3.05) is 6.54 Å². The first-order chi connectivity index (χ1) is 9.88. The van der Waals surface area contributed by atoms with E-state index in [0.717, 1.165) is 16.7 Å². The van der Waals surface area contributed by atoms with Gasteiger partial charge in [0.25, 0.3) is 0 Å². The van der Waals surface area contributed by atoms with Crippen molar-refractivity contribution in [2.45, 2.75) is 25.2 Å². The van der Waals surface area contributed by atoms with E-state index in [1.165, 1.54) is 0 Å². The van der Waals surface area contributed by atoms with Gasteiger partial charge in [-0.05, 0) is 49.6 Å². The number of benzene rings is 2. The van der Waals surface area contributed by atoms with Gasteiger partial charge in [0.05, 0.1) is 4.90 Å². The van der Waals surface area contributed by atoms with Crippen LogP contribution in [0.15, 0.2) is 47.4 Å². The van der Waals surface area contributed by atoms with E-state index in [9.17, 15) is 13.5 Å². The molecule has 0 atom stereocenters. The van der Waals surface area contributed by atoms with Gasteiger partial charge in [0, 0.05) is 6.54 Å². The number of hydrogen-bond donors (Lipinski definition) is 2. The highest BCUT2D eigenvalue weighted by molar-refractivity contribution is 7.89. The smallest absolute Gasteiger partial charge is 0.240 e. The van der Waals surface area contributed by atoms with Crippen LogP contribution in [0.2, 0.25) is 0 Å². The highest BCUT2D eigenvalue weighted by Crippen LogP contribution is 2.16. The summed E-state index contributed by atoms with van der Waals surface area (Å²) in [7, 11) is -3.49. The maximum absolute atomic E-state index is 12.3. The van der Waals surface area contributed by atoms with Crippen molar-refractivity contribution in [3.63, 3.8) is 0 Å². The summed E-state index contributed by atoms with van der Waals surface area (Å²) in [5, 5.41) is 9.20. The number of phenolic OH excluding ortho intramolecular Hbond substituents is 1. The third-order valence-electron chi connectivity index (χ3n) is 3.26. The molecule has 5 heteroatoms. The minimum atomic E-state index is -3.49. The summed E-state index contributed by atoms with van der Waals surface area (Å²) in [6.45, 7) is 4.05. The molecule has 21 heavy (non-hydrogen) atoms. The molecule has 0 bridgehead atoms. The largest absolute Gasteiger partial charge is 0.508 e. The lowest BCUT2D eigenvalue weighted by Crippen LogP contribution is -2.26. The molecule has 2 aromatic rings. The Hall–Kier alpha value is -1.85. The number of aryl methyl sites for hydroxylation is 2. The Labute approximate surface area is 125 Å².